The largest absolute Gasteiger partial charge is 0.274 e. The normalized spacial score (nSPS) is 26.8. The van der Waals surface area contributed by atoms with Crippen molar-refractivity contribution in [1.82, 2.24) is 10.0 Å². The molecule has 3 aliphatic rings. The summed E-state index contributed by atoms with van der Waals surface area (Å²) >= 11 is 25.7. The Morgan fingerprint density at radius 2 is 1.34 bits per heavy atom. The number of carbonyl (C=O) groups excluding carboxylic acids is 3. The Morgan fingerprint density at radius 1 is 0.812 bits per heavy atom. The molecule has 3 saturated heterocycles. The number of hydrogen-bond acceptors (Lipinski definition) is 4. The molecule has 0 bridgehead atoms. The third-order valence-electron chi connectivity index (χ3n) is 6.33. The van der Waals surface area contributed by atoms with Crippen LogP contribution in [0.3, 0.4) is 0 Å². The molecule has 10 heteroatoms. The second-order valence-corrected chi connectivity index (χ2v) is 10.3. The number of fused-ring (bicyclic) bond motifs is 3. The van der Waals surface area contributed by atoms with Gasteiger partial charge in [-0.2, -0.15) is 0 Å². The lowest BCUT2D eigenvalue weighted by atomic mass is 9.87. The zero-order valence-corrected chi connectivity index (χ0v) is 20.0. The van der Waals surface area contributed by atoms with E-state index in [9.17, 15) is 14.4 Å². The molecule has 6 nitrogen and oxygen atoms in total. The van der Waals surface area contributed by atoms with Crippen molar-refractivity contribution in [3.05, 3.63) is 62.1 Å². The highest BCUT2D eigenvalue weighted by molar-refractivity contribution is 6.42. The molecule has 0 spiro atoms. The van der Waals surface area contributed by atoms with E-state index in [1.54, 1.807) is 41.4 Å². The molecule has 2 aromatic rings. The first kappa shape index (κ1) is 22.0. The third kappa shape index (κ3) is 2.87. The molecular weight excluding hydrogens is 496 g/mol. The number of imide groups is 1. The van der Waals surface area contributed by atoms with Crippen molar-refractivity contribution in [2.75, 3.05) is 4.90 Å². The fraction of sp³-hybridized carbons (Fsp3) is 0.318. The lowest BCUT2D eigenvalue weighted by Crippen LogP contribution is -2.50. The van der Waals surface area contributed by atoms with Gasteiger partial charge in [0.05, 0.1) is 27.7 Å². The van der Waals surface area contributed by atoms with Crippen LogP contribution < -0.4 is 4.90 Å². The smallest absolute Gasteiger partial charge is 0.259 e. The number of halogens is 4. The summed E-state index contributed by atoms with van der Waals surface area (Å²) < 4.78 is 0. The standard InChI is InChI=1S/C22H17Cl4N3O3/c1-22(2)9-14(30)28-19-16(18(29(22)28)15-10(23)5-3-6-11(15)24)20(31)27(21(19)32)17-12(25)7-4-8-13(17)26/h3-8,16,18-19H,9H2,1-2H3/t16-,18+,19+/m0/s1. The Bertz CT molecular complexity index is 1160. The van der Waals surface area contributed by atoms with E-state index < -0.39 is 35.4 Å². The highest BCUT2D eigenvalue weighted by atomic mass is 35.5. The molecule has 3 fully saturated rings. The average Bonchev–Trinajstić information content (AvgIpc) is 3.25. The van der Waals surface area contributed by atoms with E-state index in [-0.39, 0.29) is 28.1 Å². The summed E-state index contributed by atoms with van der Waals surface area (Å²) in [6, 6.07) is 8.03. The minimum atomic E-state index is -1.04. The SMILES string of the molecule is CC1(C)CC(=O)N2[C@H]3C(=O)N(c4c(Cl)cccc4Cl)C(=O)[C@H]3[C@@H](c3c(Cl)cccc3Cl)N21. The maximum absolute atomic E-state index is 13.8. The van der Waals surface area contributed by atoms with Crippen molar-refractivity contribution in [3.63, 3.8) is 0 Å². The Balaban J connectivity index is 1.73. The molecule has 5 rings (SSSR count). The highest BCUT2D eigenvalue weighted by Crippen LogP contribution is 2.56. The maximum atomic E-state index is 13.8. The molecule has 3 aliphatic heterocycles. The Hall–Kier alpha value is -1.83. The molecule has 32 heavy (non-hydrogen) atoms. The number of hydrazine groups is 1. The summed E-state index contributed by atoms with van der Waals surface area (Å²) in [5, 5.41) is 4.23. The molecule has 0 aromatic heterocycles. The predicted octanol–water partition coefficient (Wildman–Crippen LogP) is 5.14. The van der Waals surface area contributed by atoms with Crippen LogP contribution >= 0.6 is 46.4 Å². The number of carbonyl (C=O) groups is 3. The van der Waals surface area contributed by atoms with Crippen molar-refractivity contribution < 1.29 is 14.4 Å². The van der Waals surface area contributed by atoms with E-state index in [0.717, 1.165) is 4.90 Å². The van der Waals surface area contributed by atoms with Gasteiger partial charge in [-0.1, -0.05) is 58.5 Å². The van der Waals surface area contributed by atoms with Gasteiger partial charge in [-0.15, -0.1) is 0 Å². The summed E-state index contributed by atoms with van der Waals surface area (Å²) in [6.45, 7) is 3.78. The Kier molecular flexibility index (Phi) is 5.04. The molecule has 2 aromatic carbocycles. The highest BCUT2D eigenvalue weighted by Gasteiger charge is 2.69. The molecule has 0 N–H and O–H groups in total. The van der Waals surface area contributed by atoms with Crippen molar-refractivity contribution >= 4 is 69.8 Å². The molecule has 0 unspecified atom stereocenters. The fourth-order valence-corrected chi connectivity index (χ4v) is 6.34. The van der Waals surface area contributed by atoms with Crippen molar-refractivity contribution in [2.24, 2.45) is 5.92 Å². The van der Waals surface area contributed by atoms with Gasteiger partial charge in [-0.3, -0.25) is 19.4 Å². The van der Waals surface area contributed by atoms with Gasteiger partial charge in [0.1, 0.15) is 6.04 Å². The van der Waals surface area contributed by atoms with Gasteiger partial charge in [0.15, 0.2) is 0 Å². The van der Waals surface area contributed by atoms with E-state index in [4.69, 9.17) is 46.4 Å². The van der Waals surface area contributed by atoms with Gasteiger partial charge < -0.3 is 0 Å². The van der Waals surface area contributed by atoms with Gasteiger partial charge in [0.2, 0.25) is 11.8 Å². The first-order valence-electron chi connectivity index (χ1n) is 9.93. The predicted molar refractivity (Wildman–Crippen MR) is 123 cm³/mol. The number of hydrogen-bond donors (Lipinski definition) is 0. The Labute approximate surface area is 204 Å². The fourth-order valence-electron chi connectivity index (χ4n) is 5.16. The monoisotopic (exact) mass is 511 g/mol. The lowest BCUT2D eigenvalue weighted by molar-refractivity contribution is -0.146. The van der Waals surface area contributed by atoms with E-state index in [0.29, 0.717) is 15.6 Å². The number of anilines is 1. The van der Waals surface area contributed by atoms with Crippen LogP contribution in [-0.4, -0.2) is 39.3 Å². The van der Waals surface area contributed by atoms with Crippen molar-refractivity contribution in [2.45, 2.75) is 37.9 Å². The number of rotatable bonds is 2. The molecule has 166 valence electrons. The minimum Gasteiger partial charge on any atom is -0.274 e. The van der Waals surface area contributed by atoms with Crippen LogP contribution in [0.4, 0.5) is 5.69 Å². The zero-order chi connectivity index (χ0) is 23.1. The maximum Gasteiger partial charge on any atom is 0.259 e. The minimum absolute atomic E-state index is 0.113. The zero-order valence-electron chi connectivity index (χ0n) is 17.0. The summed E-state index contributed by atoms with van der Waals surface area (Å²) in [7, 11) is 0. The lowest BCUT2D eigenvalue weighted by Gasteiger charge is -2.38. The molecular formula is C22H17Cl4N3O3. The number of para-hydroxylation sites is 1. The summed E-state index contributed by atoms with van der Waals surface area (Å²) in [5.41, 5.74) is -0.0341. The molecule has 0 aliphatic carbocycles. The van der Waals surface area contributed by atoms with Crippen LogP contribution in [0.1, 0.15) is 31.9 Å². The second kappa shape index (κ2) is 7.34. The molecule has 0 saturated carbocycles. The quantitative estimate of drug-likeness (QED) is 0.522. The van der Waals surface area contributed by atoms with Gasteiger partial charge in [-0.25, -0.2) is 9.91 Å². The number of benzene rings is 2. The van der Waals surface area contributed by atoms with E-state index in [1.807, 2.05) is 13.8 Å². The van der Waals surface area contributed by atoms with Crippen LogP contribution in [-0.2, 0) is 14.4 Å². The third-order valence-corrected chi connectivity index (χ3v) is 7.60. The van der Waals surface area contributed by atoms with Gasteiger partial charge in [-0.05, 0) is 38.1 Å². The van der Waals surface area contributed by atoms with Crippen LogP contribution in [0.15, 0.2) is 36.4 Å². The second-order valence-electron chi connectivity index (χ2n) is 8.71. The molecule has 3 heterocycles. The first-order chi connectivity index (χ1) is 15.1. The van der Waals surface area contributed by atoms with Gasteiger partial charge in [0, 0.05) is 27.6 Å². The van der Waals surface area contributed by atoms with Crippen LogP contribution in [0.2, 0.25) is 20.1 Å². The summed E-state index contributed by atoms with van der Waals surface area (Å²) in [4.78, 5) is 41.5. The van der Waals surface area contributed by atoms with E-state index in [1.165, 1.54) is 5.01 Å². The Morgan fingerprint density at radius 3 is 1.91 bits per heavy atom. The number of amides is 3. The molecule has 3 amide bonds. The number of nitrogens with zero attached hydrogens (tertiary/aromatic N) is 3. The van der Waals surface area contributed by atoms with E-state index >= 15 is 0 Å². The summed E-state index contributed by atoms with van der Waals surface area (Å²) in [6.07, 6.45) is 0.184. The topological polar surface area (TPSA) is 60.9 Å². The average molecular weight is 513 g/mol. The van der Waals surface area contributed by atoms with Crippen LogP contribution in [0, 0.1) is 5.92 Å². The van der Waals surface area contributed by atoms with Gasteiger partial charge >= 0.3 is 0 Å². The van der Waals surface area contributed by atoms with Crippen molar-refractivity contribution in [1.29, 1.82) is 0 Å². The van der Waals surface area contributed by atoms with Crippen LogP contribution in [0.5, 0.6) is 0 Å². The van der Waals surface area contributed by atoms with E-state index in [2.05, 4.69) is 0 Å². The van der Waals surface area contributed by atoms with Gasteiger partial charge in [0.25, 0.3) is 5.91 Å². The molecule has 0 radical (unpaired) electrons. The van der Waals surface area contributed by atoms with Crippen LogP contribution in [0.25, 0.3) is 0 Å². The summed E-state index contributed by atoms with van der Waals surface area (Å²) in [5.74, 6) is -2.23. The molecule has 3 atom stereocenters. The first-order valence-corrected chi connectivity index (χ1v) is 11.4. The van der Waals surface area contributed by atoms with Crippen molar-refractivity contribution in [3.8, 4) is 0 Å².